The van der Waals surface area contributed by atoms with E-state index in [1.54, 1.807) is 31.4 Å². The number of carbonyl (C=O) groups excluding carboxylic acids is 1. The van der Waals surface area contributed by atoms with E-state index in [0.717, 1.165) is 5.70 Å². The average Bonchev–Trinajstić information content (AvgIpc) is 2.85. The zero-order chi connectivity index (χ0) is 26.3. The number of allylic oxidation sites excluding steroid dienone is 2. The van der Waals surface area contributed by atoms with E-state index in [2.05, 4.69) is 10.3 Å². The van der Waals surface area contributed by atoms with Crippen LogP contribution in [0, 0.1) is 11.2 Å². The zero-order valence-electron chi connectivity index (χ0n) is 21.1. The van der Waals surface area contributed by atoms with Gasteiger partial charge in [-0.1, -0.05) is 55.9 Å². The van der Waals surface area contributed by atoms with Crippen molar-refractivity contribution in [3.05, 3.63) is 86.6 Å². The number of carbonyl (C=O) groups is 1. The summed E-state index contributed by atoms with van der Waals surface area (Å²) in [4.78, 5) is 34.7. The molecule has 9 heteroatoms. The molecular weight excluding hydrogens is 493 g/mol. The van der Waals surface area contributed by atoms with Crippen LogP contribution in [-0.4, -0.2) is 30.0 Å². The smallest absolute Gasteiger partial charge is 0.257 e. The number of thioether (sulfide) groups is 1. The minimum atomic E-state index is -0.679. The Balaban J connectivity index is 1.65. The van der Waals surface area contributed by atoms with Crippen molar-refractivity contribution >= 4 is 23.4 Å². The van der Waals surface area contributed by atoms with Crippen molar-refractivity contribution in [1.29, 1.82) is 0 Å². The maximum atomic E-state index is 14.1. The molecule has 5 rings (SSSR count). The standard InChI is InChI=1S/C28H28FN3O4S/c1-28(2)12-18-22(19(33)13-28)21(16-9-7-11-20(35-3)24(16)36-4)23-25(30-18)31-27(32-26(23)34)37-14-15-8-5-6-10-17(15)29/h5-11,21H,12-14H2,1-4H3,(H2,30,31,32,34)/t21-/m0/s1. The predicted molar refractivity (Wildman–Crippen MR) is 141 cm³/mol. The number of fused-ring (bicyclic) bond motifs is 1. The molecule has 1 aliphatic heterocycles. The number of para-hydroxylation sites is 1. The molecule has 0 saturated carbocycles. The monoisotopic (exact) mass is 521 g/mol. The number of Topliss-reactive ketones (excluding diaryl/α,β-unsaturated/α-hetero) is 1. The third-order valence-electron chi connectivity index (χ3n) is 6.77. The lowest BCUT2D eigenvalue weighted by Gasteiger charge is -2.38. The lowest BCUT2D eigenvalue weighted by Crippen LogP contribution is -2.37. The Bertz CT molecular complexity index is 1480. The first-order valence-corrected chi connectivity index (χ1v) is 13.0. The van der Waals surface area contributed by atoms with E-state index in [0.29, 0.717) is 63.3 Å². The number of rotatable bonds is 6. The van der Waals surface area contributed by atoms with Gasteiger partial charge < -0.3 is 19.8 Å². The summed E-state index contributed by atoms with van der Waals surface area (Å²) in [5.74, 6) is 0.659. The summed E-state index contributed by atoms with van der Waals surface area (Å²) >= 11 is 1.24. The highest BCUT2D eigenvalue weighted by molar-refractivity contribution is 7.98. The van der Waals surface area contributed by atoms with Gasteiger partial charge in [0.15, 0.2) is 22.4 Å². The average molecular weight is 522 g/mol. The third kappa shape index (κ3) is 4.64. The van der Waals surface area contributed by atoms with Crippen LogP contribution in [0.3, 0.4) is 0 Å². The van der Waals surface area contributed by atoms with Crippen LogP contribution in [0.2, 0.25) is 0 Å². The number of hydrogen-bond acceptors (Lipinski definition) is 7. The van der Waals surface area contributed by atoms with Crippen LogP contribution in [0.1, 0.15) is 49.3 Å². The molecule has 37 heavy (non-hydrogen) atoms. The third-order valence-corrected chi connectivity index (χ3v) is 7.69. The number of methoxy groups -OCH3 is 2. The number of anilines is 1. The van der Waals surface area contributed by atoms with Gasteiger partial charge in [-0.3, -0.25) is 9.59 Å². The normalized spacial score (nSPS) is 18.1. The van der Waals surface area contributed by atoms with Crippen LogP contribution in [0.4, 0.5) is 10.2 Å². The molecule has 1 atom stereocenters. The number of aromatic nitrogens is 2. The molecule has 0 amide bonds. The van der Waals surface area contributed by atoms with Gasteiger partial charge in [-0.25, -0.2) is 9.37 Å². The number of halogens is 1. The van der Waals surface area contributed by atoms with Crippen LogP contribution in [0.25, 0.3) is 0 Å². The van der Waals surface area contributed by atoms with Gasteiger partial charge >= 0.3 is 0 Å². The number of ether oxygens (including phenoxy) is 2. The first-order chi connectivity index (χ1) is 17.7. The second-order valence-electron chi connectivity index (χ2n) is 9.99. The van der Waals surface area contributed by atoms with E-state index in [1.165, 1.54) is 24.9 Å². The Kier molecular flexibility index (Phi) is 6.58. The summed E-state index contributed by atoms with van der Waals surface area (Å²) in [5, 5.41) is 3.67. The number of nitrogens with one attached hydrogen (secondary N) is 2. The van der Waals surface area contributed by atoms with Crippen LogP contribution >= 0.6 is 11.8 Å². The SMILES string of the molecule is COc1cccc([C@H]2C3=C(CC(C)(C)CC3=O)Nc3nc(SCc4ccccc4F)[nH]c(=O)c32)c1OC. The summed E-state index contributed by atoms with van der Waals surface area (Å²) in [6.07, 6.45) is 0.996. The van der Waals surface area contributed by atoms with Gasteiger partial charge in [0.25, 0.3) is 5.56 Å². The number of aromatic amines is 1. The fourth-order valence-electron chi connectivity index (χ4n) is 5.17. The van der Waals surface area contributed by atoms with Crippen molar-refractivity contribution in [3.8, 4) is 11.5 Å². The summed E-state index contributed by atoms with van der Waals surface area (Å²) < 4.78 is 25.3. The number of benzene rings is 2. The molecule has 0 fully saturated rings. The molecule has 0 radical (unpaired) electrons. The van der Waals surface area contributed by atoms with E-state index >= 15 is 0 Å². The summed E-state index contributed by atoms with van der Waals surface area (Å²) in [5.41, 5.74) is 2.21. The highest BCUT2D eigenvalue weighted by Gasteiger charge is 2.43. The van der Waals surface area contributed by atoms with Gasteiger partial charge in [0.2, 0.25) is 0 Å². The molecular formula is C28H28FN3O4S. The van der Waals surface area contributed by atoms with Gasteiger partial charge in [-0.15, -0.1) is 0 Å². The fraction of sp³-hybridized carbons (Fsp3) is 0.321. The minimum Gasteiger partial charge on any atom is -0.493 e. The zero-order valence-corrected chi connectivity index (χ0v) is 21.9. The Hall–Kier alpha value is -3.59. The van der Waals surface area contributed by atoms with E-state index in [1.807, 2.05) is 26.0 Å². The lowest BCUT2D eigenvalue weighted by atomic mass is 9.69. The molecule has 1 aliphatic carbocycles. The van der Waals surface area contributed by atoms with Crippen molar-refractivity contribution in [2.75, 3.05) is 19.5 Å². The maximum absolute atomic E-state index is 14.1. The molecule has 0 spiro atoms. The topological polar surface area (TPSA) is 93.3 Å². The summed E-state index contributed by atoms with van der Waals surface area (Å²) in [7, 11) is 3.08. The minimum absolute atomic E-state index is 0.0170. The van der Waals surface area contributed by atoms with Gasteiger partial charge in [-0.2, -0.15) is 0 Å². The fourth-order valence-corrected chi connectivity index (χ4v) is 6.02. The second-order valence-corrected chi connectivity index (χ2v) is 11.0. The number of nitrogens with zero attached hydrogens (tertiary/aromatic N) is 1. The number of ketones is 1. The summed E-state index contributed by atoms with van der Waals surface area (Å²) in [6, 6.07) is 12.0. The number of H-pyrrole nitrogens is 1. The largest absolute Gasteiger partial charge is 0.493 e. The molecule has 2 aliphatic rings. The van der Waals surface area contributed by atoms with E-state index in [9.17, 15) is 14.0 Å². The molecule has 0 unspecified atom stereocenters. The molecule has 2 aromatic carbocycles. The van der Waals surface area contributed by atoms with Crippen molar-refractivity contribution in [2.45, 2.75) is 43.5 Å². The Morgan fingerprint density at radius 1 is 1.08 bits per heavy atom. The van der Waals surface area contributed by atoms with Gasteiger partial charge in [-0.05, 0) is 29.5 Å². The Morgan fingerprint density at radius 3 is 2.59 bits per heavy atom. The van der Waals surface area contributed by atoms with E-state index < -0.39 is 5.92 Å². The molecule has 192 valence electrons. The van der Waals surface area contributed by atoms with Crippen molar-refractivity contribution < 1.29 is 18.7 Å². The van der Waals surface area contributed by atoms with Crippen LogP contribution in [-0.2, 0) is 10.5 Å². The Labute approximate surface area is 218 Å². The molecule has 0 saturated heterocycles. The predicted octanol–water partition coefficient (Wildman–Crippen LogP) is 5.42. The van der Waals surface area contributed by atoms with Crippen molar-refractivity contribution in [1.82, 2.24) is 9.97 Å². The molecule has 2 N–H and O–H groups in total. The van der Waals surface area contributed by atoms with E-state index in [-0.39, 0.29) is 22.6 Å². The highest BCUT2D eigenvalue weighted by atomic mass is 32.2. The highest BCUT2D eigenvalue weighted by Crippen LogP contribution is 2.50. The van der Waals surface area contributed by atoms with Crippen molar-refractivity contribution in [3.63, 3.8) is 0 Å². The van der Waals surface area contributed by atoms with Crippen LogP contribution < -0.4 is 20.3 Å². The molecule has 0 bridgehead atoms. The summed E-state index contributed by atoms with van der Waals surface area (Å²) in [6.45, 7) is 4.10. The maximum Gasteiger partial charge on any atom is 0.257 e. The number of hydrogen-bond donors (Lipinski definition) is 2. The van der Waals surface area contributed by atoms with E-state index in [4.69, 9.17) is 14.5 Å². The molecule has 1 aromatic heterocycles. The Morgan fingerprint density at radius 2 is 1.86 bits per heavy atom. The quantitative estimate of drug-likeness (QED) is 0.331. The molecule has 2 heterocycles. The van der Waals surface area contributed by atoms with Gasteiger partial charge in [0.05, 0.1) is 25.7 Å². The van der Waals surface area contributed by atoms with Crippen LogP contribution in [0.5, 0.6) is 11.5 Å². The van der Waals surface area contributed by atoms with Gasteiger partial charge in [0, 0.05) is 29.0 Å². The van der Waals surface area contributed by atoms with Crippen LogP contribution in [0.15, 0.2) is 63.7 Å². The lowest BCUT2D eigenvalue weighted by molar-refractivity contribution is -0.118. The van der Waals surface area contributed by atoms with Crippen molar-refractivity contribution in [2.24, 2.45) is 5.41 Å². The van der Waals surface area contributed by atoms with Gasteiger partial charge in [0.1, 0.15) is 11.6 Å². The molecule has 7 nitrogen and oxygen atoms in total. The second kappa shape index (κ2) is 9.70. The first kappa shape index (κ1) is 25.1. The first-order valence-electron chi connectivity index (χ1n) is 12.0. The molecule has 3 aromatic rings.